The maximum atomic E-state index is 13.8. The Kier molecular flexibility index (Phi) is 8.03. The van der Waals surface area contributed by atoms with E-state index < -0.39 is 0 Å². The molecular formula is C27H35NO7. The summed E-state index contributed by atoms with van der Waals surface area (Å²) in [6.07, 6.45) is 1.93. The first-order valence-electron chi connectivity index (χ1n) is 11.9. The highest BCUT2D eigenvalue weighted by molar-refractivity contribution is 5.97. The Labute approximate surface area is 207 Å². The second-order valence-corrected chi connectivity index (χ2v) is 9.46. The van der Waals surface area contributed by atoms with Crippen molar-refractivity contribution in [3.63, 3.8) is 0 Å². The first kappa shape index (κ1) is 25.1. The SMILES string of the molecule is COc1ccc(OC)c(C(=O)N(Cc2ccc(OC)c(OCC3(C)COC3)c2)CC2CCCO2)c1. The third-order valence-electron chi connectivity index (χ3n) is 6.45. The van der Waals surface area contributed by atoms with E-state index in [4.69, 9.17) is 28.4 Å². The van der Waals surface area contributed by atoms with Gasteiger partial charge in [0.15, 0.2) is 11.5 Å². The fourth-order valence-corrected chi connectivity index (χ4v) is 4.34. The number of carbonyl (C=O) groups is 1. The van der Waals surface area contributed by atoms with E-state index in [1.165, 1.54) is 0 Å². The van der Waals surface area contributed by atoms with Crippen molar-refractivity contribution in [2.75, 3.05) is 54.3 Å². The van der Waals surface area contributed by atoms with Crippen molar-refractivity contribution in [3.05, 3.63) is 47.5 Å². The van der Waals surface area contributed by atoms with E-state index in [0.29, 0.717) is 61.5 Å². The lowest BCUT2D eigenvalue weighted by Gasteiger charge is -2.37. The van der Waals surface area contributed by atoms with E-state index >= 15 is 0 Å². The third kappa shape index (κ3) is 6.00. The molecule has 2 aromatic rings. The monoisotopic (exact) mass is 485 g/mol. The average Bonchev–Trinajstić information content (AvgIpc) is 3.38. The quantitative estimate of drug-likeness (QED) is 0.477. The predicted octanol–water partition coefficient (Wildman–Crippen LogP) is 3.95. The summed E-state index contributed by atoms with van der Waals surface area (Å²) in [7, 11) is 4.76. The van der Waals surface area contributed by atoms with Gasteiger partial charge in [0.1, 0.15) is 11.5 Å². The second kappa shape index (κ2) is 11.2. The van der Waals surface area contributed by atoms with Gasteiger partial charge in [0.25, 0.3) is 5.91 Å². The average molecular weight is 486 g/mol. The molecule has 0 saturated carbocycles. The summed E-state index contributed by atoms with van der Waals surface area (Å²) in [6, 6.07) is 11.0. The van der Waals surface area contributed by atoms with Gasteiger partial charge in [-0.25, -0.2) is 0 Å². The molecule has 0 spiro atoms. The van der Waals surface area contributed by atoms with Gasteiger partial charge in [-0.1, -0.05) is 13.0 Å². The molecule has 8 nitrogen and oxygen atoms in total. The van der Waals surface area contributed by atoms with Crippen LogP contribution in [-0.4, -0.2) is 71.2 Å². The molecule has 0 radical (unpaired) electrons. The molecule has 4 rings (SSSR count). The fourth-order valence-electron chi connectivity index (χ4n) is 4.34. The molecule has 2 fully saturated rings. The minimum absolute atomic E-state index is 0.00286. The van der Waals surface area contributed by atoms with Crippen molar-refractivity contribution in [2.24, 2.45) is 5.41 Å². The van der Waals surface area contributed by atoms with Crippen molar-refractivity contribution in [3.8, 4) is 23.0 Å². The normalized spacial score (nSPS) is 18.5. The molecular weight excluding hydrogens is 450 g/mol. The van der Waals surface area contributed by atoms with Crippen LogP contribution in [0.15, 0.2) is 36.4 Å². The lowest BCUT2D eigenvalue weighted by Crippen LogP contribution is -2.44. The summed E-state index contributed by atoms with van der Waals surface area (Å²) in [4.78, 5) is 15.6. The van der Waals surface area contributed by atoms with Crippen LogP contribution in [0.2, 0.25) is 0 Å². The number of hydrogen-bond acceptors (Lipinski definition) is 7. The topological polar surface area (TPSA) is 75.7 Å². The maximum absolute atomic E-state index is 13.8. The Hall–Kier alpha value is -2.97. The number of rotatable bonds is 11. The van der Waals surface area contributed by atoms with Gasteiger partial charge < -0.3 is 33.3 Å². The summed E-state index contributed by atoms with van der Waals surface area (Å²) in [5.41, 5.74) is 1.39. The summed E-state index contributed by atoms with van der Waals surface area (Å²) in [5.74, 6) is 2.27. The van der Waals surface area contributed by atoms with Crippen LogP contribution in [-0.2, 0) is 16.0 Å². The lowest BCUT2D eigenvalue weighted by molar-refractivity contribution is -0.120. The van der Waals surface area contributed by atoms with E-state index in [9.17, 15) is 4.79 Å². The molecule has 2 heterocycles. The van der Waals surface area contributed by atoms with Crippen LogP contribution in [0.3, 0.4) is 0 Å². The third-order valence-corrected chi connectivity index (χ3v) is 6.45. The van der Waals surface area contributed by atoms with Gasteiger partial charge >= 0.3 is 0 Å². The molecule has 2 aliphatic rings. The van der Waals surface area contributed by atoms with Crippen LogP contribution in [0.4, 0.5) is 0 Å². The van der Waals surface area contributed by atoms with E-state index in [2.05, 4.69) is 6.92 Å². The molecule has 0 aromatic heterocycles. The maximum Gasteiger partial charge on any atom is 0.258 e. The van der Waals surface area contributed by atoms with E-state index in [0.717, 1.165) is 25.0 Å². The number of benzene rings is 2. The predicted molar refractivity (Wildman–Crippen MR) is 131 cm³/mol. The summed E-state index contributed by atoms with van der Waals surface area (Å²) in [5, 5.41) is 0. The molecule has 1 atom stereocenters. The highest BCUT2D eigenvalue weighted by Crippen LogP contribution is 2.33. The molecule has 2 aromatic carbocycles. The molecule has 190 valence electrons. The lowest BCUT2D eigenvalue weighted by atomic mass is 9.90. The zero-order valence-corrected chi connectivity index (χ0v) is 21.0. The highest BCUT2D eigenvalue weighted by Gasteiger charge is 2.34. The van der Waals surface area contributed by atoms with Crippen LogP contribution in [0.5, 0.6) is 23.0 Å². The van der Waals surface area contributed by atoms with E-state index in [-0.39, 0.29) is 17.4 Å². The molecule has 2 aliphatic heterocycles. The van der Waals surface area contributed by atoms with Crippen molar-refractivity contribution < 1.29 is 33.2 Å². The van der Waals surface area contributed by atoms with Crippen LogP contribution in [0, 0.1) is 5.41 Å². The number of nitrogens with zero attached hydrogens (tertiary/aromatic N) is 1. The number of amides is 1. The van der Waals surface area contributed by atoms with Gasteiger partial charge in [-0.3, -0.25) is 4.79 Å². The molecule has 0 bridgehead atoms. The van der Waals surface area contributed by atoms with Crippen LogP contribution in [0.25, 0.3) is 0 Å². The number of hydrogen-bond donors (Lipinski definition) is 0. The Morgan fingerprint density at radius 3 is 2.43 bits per heavy atom. The molecule has 1 unspecified atom stereocenters. The smallest absolute Gasteiger partial charge is 0.258 e. The highest BCUT2D eigenvalue weighted by atomic mass is 16.5. The van der Waals surface area contributed by atoms with Crippen LogP contribution >= 0.6 is 0 Å². The minimum Gasteiger partial charge on any atom is -0.497 e. The Bertz CT molecular complexity index is 1010. The van der Waals surface area contributed by atoms with Gasteiger partial charge in [0.05, 0.1) is 52.8 Å². The molecule has 0 aliphatic carbocycles. The molecule has 1 amide bonds. The van der Waals surface area contributed by atoms with Gasteiger partial charge in [0.2, 0.25) is 0 Å². The van der Waals surface area contributed by atoms with Gasteiger partial charge in [0, 0.05) is 25.1 Å². The Morgan fingerprint density at radius 2 is 1.80 bits per heavy atom. The largest absolute Gasteiger partial charge is 0.497 e. The Balaban J connectivity index is 1.58. The van der Waals surface area contributed by atoms with Crippen molar-refractivity contribution in [1.29, 1.82) is 0 Å². The van der Waals surface area contributed by atoms with Crippen molar-refractivity contribution in [1.82, 2.24) is 4.90 Å². The van der Waals surface area contributed by atoms with Gasteiger partial charge in [-0.05, 0) is 48.7 Å². The van der Waals surface area contributed by atoms with Crippen molar-refractivity contribution in [2.45, 2.75) is 32.4 Å². The molecule has 8 heteroatoms. The number of carbonyl (C=O) groups excluding carboxylic acids is 1. The molecule has 2 saturated heterocycles. The summed E-state index contributed by atoms with van der Waals surface area (Å²) in [6.45, 7) is 5.62. The number of methoxy groups -OCH3 is 3. The second-order valence-electron chi connectivity index (χ2n) is 9.46. The standard InChI is InChI=1S/C27H35NO7/c1-27(16-33-17-27)18-35-25-12-19(7-9-24(25)32-4)14-28(15-21-6-5-11-34-21)26(29)22-13-20(30-2)8-10-23(22)31-3/h7-10,12-13,21H,5-6,11,14-18H2,1-4H3. The van der Waals surface area contributed by atoms with Crippen LogP contribution in [0.1, 0.15) is 35.7 Å². The zero-order chi connectivity index (χ0) is 24.8. The minimum atomic E-state index is -0.145. The van der Waals surface area contributed by atoms with Gasteiger partial charge in [-0.15, -0.1) is 0 Å². The zero-order valence-electron chi connectivity index (χ0n) is 21.0. The molecule has 0 N–H and O–H groups in total. The van der Waals surface area contributed by atoms with Crippen molar-refractivity contribution >= 4 is 5.91 Å². The Morgan fingerprint density at radius 1 is 1.03 bits per heavy atom. The summed E-state index contributed by atoms with van der Waals surface area (Å²) < 4.78 is 33.7. The summed E-state index contributed by atoms with van der Waals surface area (Å²) >= 11 is 0. The van der Waals surface area contributed by atoms with E-state index in [1.807, 2.05) is 18.2 Å². The first-order chi connectivity index (χ1) is 16.9. The molecule has 35 heavy (non-hydrogen) atoms. The van der Waals surface area contributed by atoms with E-state index in [1.54, 1.807) is 44.4 Å². The van der Waals surface area contributed by atoms with Crippen LogP contribution < -0.4 is 18.9 Å². The number of ether oxygens (including phenoxy) is 6. The first-order valence-corrected chi connectivity index (χ1v) is 11.9. The van der Waals surface area contributed by atoms with Gasteiger partial charge in [-0.2, -0.15) is 0 Å². The fraction of sp³-hybridized carbons (Fsp3) is 0.519.